The van der Waals surface area contributed by atoms with E-state index in [1.165, 1.54) is 5.56 Å². The van der Waals surface area contributed by atoms with Gasteiger partial charge in [0.2, 0.25) is 0 Å². The van der Waals surface area contributed by atoms with Gasteiger partial charge in [-0.3, -0.25) is 9.40 Å². The van der Waals surface area contributed by atoms with E-state index in [-0.39, 0.29) is 4.90 Å². The number of nitrogens with zero attached hydrogens (tertiary/aromatic N) is 2. The van der Waals surface area contributed by atoms with E-state index in [1.54, 1.807) is 29.1 Å². The van der Waals surface area contributed by atoms with Gasteiger partial charge in [0, 0.05) is 12.3 Å². The summed E-state index contributed by atoms with van der Waals surface area (Å²) in [6.45, 7) is 6.87. The van der Waals surface area contributed by atoms with Crippen molar-refractivity contribution in [3.05, 3.63) is 77.5 Å². The van der Waals surface area contributed by atoms with Gasteiger partial charge in [-0.15, -0.1) is 0 Å². The van der Waals surface area contributed by atoms with Crippen LogP contribution in [0, 0.1) is 6.92 Å². The number of benzene rings is 2. The Kier molecular flexibility index (Phi) is 5.65. The Hall–Kier alpha value is -2.60. The van der Waals surface area contributed by atoms with E-state index >= 15 is 0 Å². The van der Waals surface area contributed by atoms with Crippen molar-refractivity contribution in [3.63, 3.8) is 0 Å². The summed E-state index contributed by atoms with van der Waals surface area (Å²) >= 11 is 0. The van der Waals surface area contributed by atoms with Crippen LogP contribution in [0.25, 0.3) is 0 Å². The largest absolute Gasteiger partial charge is 0.266 e. The Morgan fingerprint density at radius 3 is 2.33 bits per heavy atom. The van der Waals surface area contributed by atoms with Crippen molar-refractivity contribution in [2.75, 3.05) is 4.72 Å². The van der Waals surface area contributed by atoms with E-state index < -0.39 is 10.0 Å². The first-order chi connectivity index (χ1) is 12.9. The molecule has 27 heavy (non-hydrogen) atoms. The molecule has 0 aliphatic rings. The van der Waals surface area contributed by atoms with Crippen molar-refractivity contribution in [1.29, 1.82) is 0 Å². The summed E-state index contributed by atoms with van der Waals surface area (Å²) in [4.78, 5) is 0.239. The highest BCUT2D eigenvalue weighted by Gasteiger charge is 2.16. The molecule has 0 spiro atoms. The maximum atomic E-state index is 12.6. The van der Waals surface area contributed by atoms with Crippen LogP contribution >= 0.6 is 0 Å². The standard InChI is InChI=1S/C21H25N3O2S/c1-4-17(3)19-9-11-20(12-10-19)27(25,26)23-21-13-14-24(22-21)15-18-7-5-16(2)6-8-18/h5-14,17H,4,15H2,1-3H3,(H,22,23). The van der Waals surface area contributed by atoms with Crippen LogP contribution in [-0.4, -0.2) is 18.2 Å². The zero-order chi connectivity index (χ0) is 19.4. The minimum absolute atomic E-state index is 0.239. The number of nitrogens with one attached hydrogen (secondary N) is 1. The predicted molar refractivity (Wildman–Crippen MR) is 108 cm³/mol. The summed E-state index contributed by atoms with van der Waals surface area (Å²) in [5.41, 5.74) is 3.45. The minimum Gasteiger partial charge on any atom is -0.266 e. The number of hydrogen-bond acceptors (Lipinski definition) is 3. The van der Waals surface area contributed by atoms with Gasteiger partial charge in [-0.05, 0) is 42.5 Å². The molecule has 2 aromatic carbocycles. The van der Waals surface area contributed by atoms with E-state index in [2.05, 4.69) is 23.7 Å². The number of hydrogen-bond donors (Lipinski definition) is 1. The second-order valence-electron chi connectivity index (χ2n) is 6.87. The first kappa shape index (κ1) is 19.2. The third-order valence-corrected chi connectivity index (χ3v) is 6.09. The third kappa shape index (κ3) is 4.77. The van der Waals surface area contributed by atoms with Crippen LogP contribution in [0.2, 0.25) is 0 Å². The normalized spacial score (nSPS) is 12.7. The molecule has 0 aliphatic carbocycles. The highest BCUT2D eigenvalue weighted by atomic mass is 32.2. The molecule has 1 heterocycles. The van der Waals surface area contributed by atoms with E-state index in [1.807, 2.05) is 43.3 Å². The summed E-state index contributed by atoms with van der Waals surface area (Å²) < 4.78 is 29.5. The molecule has 0 amide bonds. The molecule has 1 atom stereocenters. The Morgan fingerprint density at radius 1 is 1.04 bits per heavy atom. The number of rotatable bonds is 7. The predicted octanol–water partition coefficient (Wildman–Crippen LogP) is 4.55. The summed E-state index contributed by atoms with van der Waals surface area (Å²) in [6.07, 6.45) is 2.78. The fourth-order valence-corrected chi connectivity index (χ4v) is 3.79. The van der Waals surface area contributed by atoms with Crippen LogP contribution in [0.1, 0.15) is 42.9 Å². The van der Waals surface area contributed by atoms with E-state index in [0.717, 1.165) is 17.5 Å². The minimum atomic E-state index is -3.65. The number of aromatic nitrogens is 2. The molecule has 0 bridgehead atoms. The maximum Gasteiger partial charge on any atom is 0.263 e. The lowest BCUT2D eigenvalue weighted by atomic mass is 9.99. The van der Waals surface area contributed by atoms with Crippen LogP contribution in [-0.2, 0) is 16.6 Å². The summed E-state index contributed by atoms with van der Waals surface area (Å²) in [5, 5.41) is 4.32. The van der Waals surface area contributed by atoms with E-state index in [9.17, 15) is 8.42 Å². The van der Waals surface area contributed by atoms with Gasteiger partial charge in [0.15, 0.2) is 5.82 Å². The molecule has 0 aliphatic heterocycles. The summed E-state index contributed by atoms with van der Waals surface area (Å²) in [5.74, 6) is 0.723. The smallest absolute Gasteiger partial charge is 0.263 e. The van der Waals surface area contributed by atoms with Crippen LogP contribution in [0.15, 0.2) is 65.7 Å². The average Bonchev–Trinajstić information content (AvgIpc) is 3.09. The van der Waals surface area contributed by atoms with Gasteiger partial charge in [0.05, 0.1) is 11.4 Å². The van der Waals surface area contributed by atoms with Crippen LogP contribution in [0.4, 0.5) is 5.82 Å². The first-order valence-electron chi connectivity index (χ1n) is 9.09. The van der Waals surface area contributed by atoms with Crippen molar-refractivity contribution in [2.45, 2.75) is 44.6 Å². The molecule has 0 fully saturated rings. The number of aryl methyl sites for hydroxylation is 1. The van der Waals surface area contributed by atoms with Crippen LogP contribution in [0.3, 0.4) is 0 Å². The Labute approximate surface area is 161 Å². The van der Waals surface area contributed by atoms with E-state index in [0.29, 0.717) is 18.3 Å². The first-order valence-corrected chi connectivity index (χ1v) is 10.6. The molecular weight excluding hydrogens is 358 g/mol. The van der Waals surface area contributed by atoms with Crippen molar-refractivity contribution in [3.8, 4) is 0 Å². The van der Waals surface area contributed by atoms with Crippen molar-refractivity contribution in [2.24, 2.45) is 0 Å². The third-order valence-electron chi connectivity index (χ3n) is 4.72. The average molecular weight is 384 g/mol. The number of sulfonamides is 1. The second-order valence-corrected chi connectivity index (χ2v) is 8.55. The van der Waals surface area contributed by atoms with Gasteiger partial charge >= 0.3 is 0 Å². The molecule has 1 N–H and O–H groups in total. The highest BCUT2D eigenvalue weighted by Crippen LogP contribution is 2.21. The van der Waals surface area contributed by atoms with Crippen molar-refractivity contribution in [1.82, 2.24) is 9.78 Å². The van der Waals surface area contributed by atoms with Crippen molar-refractivity contribution < 1.29 is 8.42 Å². The van der Waals surface area contributed by atoms with Crippen LogP contribution < -0.4 is 4.72 Å². The van der Waals surface area contributed by atoms with Gasteiger partial charge in [-0.1, -0.05) is 55.8 Å². The maximum absolute atomic E-state index is 12.6. The Bertz CT molecular complexity index is 991. The number of anilines is 1. The fourth-order valence-electron chi connectivity index (χ4n) is 2.79. The van der Waals surface area contributed by atoms with Gasteiger partial charge < -0.3 is 0 Å². The molecule has 0 radical (unpaired) electrons. The molecule has 6 heteroatoms. The van der Waals surface area contributed by atoms with Gasteiger partial charge in [0.25, 0.3) is 10.0 Å². The topological polar surface area (TPSA) is 64.0 Å². The van der Waals surface area contributed by atoms with Gasteiger partial charge in [-0.25, -0.2) is 8.42 Å². The molecule has 142 valence electrons. The summed E-state index contributed by atoms with van der Waals surface area (Å²) in [6, 6.07) is 16.9. The molecule has 5 nitrogen and oxygen atoms in total. The lowest BCUT2D eigenvalue weighted by Crippen LogP contribution is -2.14. The molecule has 1 aromatic heterocycles. The van der Waals surface area contributed by atoms with Crippen LogP contribution in [0.5, 0.6) is 0 Å². The zero-order valence-corrected chi connectivity index (χ0v) is 16.7. The fraction of sp³-hybridized carbons (Fsp3) is 0.286. The van der Waals surface area contributed by atoms with E-state index in [4.69, 9.17) is 0 Å². The Morgan fingerprint density at radius 2 is 1.70 bits per heavy atom. The second kappa shape index (κ2) is 7.96. The Balaban J connectivity index is 1.70. The lowest BCUT2D eigenvalue weighted by molar-refractivity contribution is 0.600. The van der Waals surface area contributed by atoms with Gasteiger partial charge in [-0.2, -0.15) is 5.10 Å². The van der Waals surface area contributed by atoms with Crippen molar-refractivity contribution >= 4 is 15.8 Å². The molecular formula is C21H25N3O2S. The zero-order valence-electron chi connectivity index (χ0n) is 15.9. The summed E-state index contributed by atoms with van der Waals surface area (Å²) in [7, 11) is -3.65. The molecule has 0 saturated carbocycles. The quantitative estimate of drug-likeness (QED) is 0.651. The molecule has 1 unspecified atom stereocenters. The SMILES string of the molecule is CCC(C)c1ccc(S(=O)(=O)Nc2ccn(Cc3ccc(C)cc3)n2)cc1. The molecule has 0 saturated heterocycles. The molecule has 3 rings (SSSR count). The lowest BCUT2D eigenvalue weighted by Gasteiger charge is -2.10. The monoisotopic (exact) mass is 383 g/mol. The molecule has 3 aromatic rings. The highest BCUT2D eigenvalue weighted by molar-refractivity contribution is 7.92. The van der Waals surface area contributed by atoms with Gasteiger partial charge in [0.1, 0.15) is 0 Å².